The second-order valence-electron chi connectivity index (χ2n) is 6.81. The molecule has 2 unspecified atom stereocenters. The van der Waals surface area contributed by atoms with Crippen molar-refractivity contribution in [3.8, 4) is 0 Å². The van der Waals surface area contributed by atoms with E-state index < -0.39 is 0 Å². The Bertz CT molecular complexity index is 312. The molecule has 2 aliphatic heterocycles. The van der Waals surface area contributed by atoms with Gasteiger partial charge in [0, 0.05) is 25.0 Å². The second kappa shape index (κ2) is 4.84. The number of amides is 1. The summed E-state index contributed by atoms with van der Waals surface area (Å²) in [5, 5.41) is 6.81. The van der Waals surface area contributed by atoms with Crippen LogP contribution in [0.2, 0.25) is 0 Å². The Hall–Kier alpha value is -0.570. The Balaban J connectivity index is 1.41. The fourth-order valence-corrected chi connectivity index (χ4v) is 3.79. The highest BCUT2D eigenvalue weighted by molar-refractivity contribution is 5.76. The van der Waals surface area contributed by atoms with Crippen LogP contribution in [0.15, 0.2) is 0 Å². The third-order valence-electron chi connectivity index (χ3n) is 5.41. The van der Waals surface area contributed by atoms with Gasteiger partial charge in [0.2, 0.25) is 5.91 Å². The standard InChI is InChI=1S/C15H26N2O/c1-2-15(5-6-15)10-16-14(18)9-11-7-12-3-4-13(8-11)17-12/h11-13,17H,2-10H2,1H3,(H,16,18). The first-order valence-electron chi connectivity index (χ1n) is 7.72. The molecule has 0 aromatic heterocycles. The van der Waals surface area contributed by atoms with Crippen molar-refractivity contribution in [3.05, 3.63) is 0 Å². The highest BCUT2D eigenvalue weighted by Crippen LogP contribution is 2.47. The topological polar surface area (TPSA) is 41.1 Å². The van der Waals surface area contributed by atoms with Gasteiger partial charge in [0.1, 0.15) is 0 Å². The minimum absolute atomic E-state index is 0.293. The normalized spacial score (nSPS) is 36.4. The molecule has 1 saturated carbocycles. The molecule has 0 spiro atoms. The van der Waals surface area contributed by atoms with E-state index in [4.69, 9.17) is 0 Å². The third kappa shape index (κ3) is 2.71. The van der Waals surface area contributed by atoms with Crippen molar-refractivity contribution in [2.75, 3.05) is 6.54 Å². The number of hydrogen-bond donors (Lipinski definition) is 2. The molecule has 18 heavy (non-hydrogen) atoms. The average molecular weight is 250 g/mol. The largest absolute Gasteiger partial charge is 0.356 e. The van der Waals surface area contributed by atoms with Crippen molar-refractivity contribution in [1.29, 1.82) is 0 Å². The Morgan fingerprint density at radius 1 is 1.28 bits per heavy atom. The van der Waals surface area contributed by atoms with Gasteiger partial charge in [0.05, 0.1) is 0 Å². The lowest BCUT2D eigenvalue weighted by molar-refractivity contribution is -0.122. The van der Waals surface area contributed by atoms with Crippen LogP contribution in [-0.4, -0.2) is 24.5 Å². The van der Waals surface area contributed by atoms with Crippen molar-refractivity contribution < 1.29 is 4.79 Å². The zero-order valence-electron chi connectivity index (χ0n) is 11.5. The summed E-state index contributed by atoms with van der Waals surface area (Å²) < 4.78 is 0. The van der Waals surface area contributed by atoms with E-state index in [1.807, 2.05) is 0 Å². The maximum absolute atomic E-state index is 12.0. The van der Waals surface area contributed by atoms with Crippen LogP contribution in [0, 0.1) is 11.3 Å². The van der Waals surface area contributed by atoms with Gasteiger partial charge in [-0.15, -0.1) is 0 Å². The predicted molar refractivity (Wildman–Crippen MR) is 72.3 cm³/mol. The van der Waals surface area contributed by atoms with Gasteiger partial charge in [0.25, 0.3) is 0 Å². The summed E-state index contributed by atoms with van der Waals surface area (Å²) in [5.74, 6) is 0.918. The lowest BCUT2D eigenvalue weighted by Gasteiger charge is -2.28. The summed E-state index contributed by atoms with van der Waals surface area (Å²) in [6, 6.07) is 1.40. The fourth-order valence-electron chi connectivity index (χ4n) is 3.79. The van der Waals surface area contributed by atoms with E-state index in [9.17, 15) is 4.79 Å². The number of nitrogens with one attached hydrogen (secondary N) is 2. The lowest BCUT2D eigenvalue weighted by atomic mass is 9.89. The van der Waals surface area contributed by atoms with Gasteiger partial charge in [-0.3, -0.25) is 4.79 Å². The molecular formula is C15H26N2O. The first-order valence-corrected chi connectivity index (χ1v) is 7.72. The Labute approximate surface area is 110 Å². The summed E-state index contributed by atoms with van der Waals surface area (Å²) in [6.07, 6.45) is 9.65. The van der Waals surface area contributed by atoms with Gasteiger partial charge in [-0.25, -0.2) is 0 Å². The van der Waals surface area contributed by atoms with Crippen molar-refractivity contribution in [2.24, 2.45) is 11.3 Å². The maximum Gasteiger partial charge on any atom is 0.220 e. The SMILES string of the molecule is CCC1(CNC(=O)CC2CC3CCC(C2)N3)CC1. The highest BCUT2D eigenvalue weighted by atomic mass is 16.1. The van der Waals surface area contributed by atoms with Crippen LogP contribution in [0.25, 0.3) is 0 Å². The molecule has 3 fully saturated rings. The summed E-state index contributed by atoms with van der Waals surface area (Å²) in [6.45, 7) is 3.16. The quantitative estimate of drug-likeness (QED) is 0.785. The molecule has 3 aliphatic rings. The van der Waals surface area contributed by atoms with E-state index in [-0.39, 0.29) is 0 Å². The average Bonchev–Trinajstić information content (AvgIpc) is 3.07. The zero-order chi connectivity index (χ0) is 12.6. The van der Waals surface area contributed by atoms with Crippen LogP contribution in [0.5, 0.6) is 0 Å². The molecule has 1 aliphatic carbocycles. The van der Waals surface area contributed by atoms with Crippen molar-refractivity contribution in [1.82, 2.24) is 10.6 Å². The number of carbonyl (C=O) groups excluding carboxylic acids is 1. The van der Waals surface area contributed by atoms with Gasteiger partial charge < -0.3 is 10.6 Å². The summed E-state index contributed by atoms with van der Waals surface area (Å²) in [5.41, 5.74) is 0.475. The molecule has 2 bridgehead atoms. The molecule has 1 amide bonds. The van der Waals surface area contributed by atoms with Gasteiger partial charge in [-0.2, -0.15) is 0 Å². The van der Waals surface area contributed by atoms with Crippen molar-refractivity contribution >= 4 is 5.91 Å². The maximum atomic E-state index is 12.0. The Kier molecular flexibility index (Phi) is 3.35. The van der Waals surface area contributed by atoms with E-state index in [1.54, 1.807) is 0 Å². The molecule has 0 aromatic carbocycles. The first kappa shape index (κ1) is 12.5. The van der Waals surface area contributed by atoms with Gasteiger partial charge >= 0.3 is 0 Å². The zero-order valence-corrected chi connectivity index (χ0v) is 11.5. The molecule has 102 valence electrons. The number of fused-ring (bicyclic) bond motifs is 2. The Morgan fingerprint density at radius 3 is 2.50 bits per heavy atom. The Morgan fingerprint density at radius 2 is 1.94 bits per heavy atom. The van der Waals surface area contributed by atoms with E-state index in [2.05, 4.69) is 17.6 Å². The molecule has 3 heteroatoms. The van der Waals surface area contributed by atoms with Crippen LogP contribution in [0.1, 0.15) is 58.3 Å². The van der Waals surface area contributed by atoms with E-state index in [1.165, 1.54) is 44.9 Å². The predicted octanol–water partition coefficient (Wildman–Crippen LogP) is 2.21. The molecule has 0 radical (unpaired) electrons. The summed E-state index contributed by atoms with van der Waals surface area (Å²) >= 11 is 0. The molecular weight excluding hydrogens is 224 g/mol. The lowest BCUT2D eigenvalue weighted by Crippen LogP contribution is -2.40. The molecule has 2 N–H and O–H groups in total. The monoisotopic (exact) mass is 250 g/mol. The van der Waals surface area contributed by atoms with E-state index in [0.717, 1.165) is 13.0 Å². The molecule has 2 atom stereocenters. The molecule has 0 aromatic rings. The molecule has 2 saturated heterocycles. The van der Waals surface area contributed by atoms with Crippen LogP contribution in [0.4, 0.5) is 0 Å². The minimum atomic E-state index is 0.293. The molecule has 2 heterocycles. The van der Waals surface area contributed by atoms with Crippen LogP contribution in [0.3, 0.4) is 0 Å². The van der Waals surface area contributed by atoms with Crippen LogP contribution >= 0.6 is 0 Å². The smallest absolute Gasteiger partial charge is 0.220 e. The number of piperidine rings is 1. The van der Waals surface area contributed by atoms with Crippen molar-refractivity contribution in [2.45, 2.75) is 70.4 Å². The minimum Gasteiger partial charge on any atom is -0.356 e. The van der Waals surface area contributed by atoms with E-state index in [0.29, 0.717) is 29.3 Å². The van der Waals surface area contributed by atoms with Gasteiger partial charge in [0.15, 0.2) is 0 Å². The highest BCUT2D eigenvalue weighted by Gasteiger charge is 2.41. The number of rotatable bonds is 5. The summed E-state index contributed by atoms with van der Waals surface area (Å²) in [4.78, 5) is 12.0. The van der Waals surface area contributed by atoms with Crippen LogP contribution in [-0.2, 0) is 4.79 Å². The van der Waals surface area contributed by atoms with Crippen molar-refractivity contribution in [3.63, 3.8) is 0 Å². The van der Waals surface area contributed by atoms with Gasteiger partial charge in [-0.05, 0) is 56.3 Å². The van der Waals surface area contributed by atoms with Gasteiger partial charge in [-0.1, -0.05) is 6.92 Å². The molecule has 3 rings (SSSR count). The number of hydrogen-bond acceptors (Lipinski definition) is 2. The first-order chi connectivity index (χ1) is 8.69. The molecule has 3 nitrogen and oxygen atoms in total. The van der Waals surface area contributed by atoms with Crippen LogP contribution < -0.4 is 10.6 Å². The van der Waals surface area contributed by atoms with E-state index >= 15 is 0 Å². The fraction of sp³-hybridized carbons (Fsp3) is 0.933. The number of carbonyl (C=O) groups is 1. The second-order valence-corrected chi connectivity index (χ2v) is 6.81. The third-order valence-corrected chi connectivity index (χ3v) is 5.41. The summed E-state index contributed by atoms with van der Waals surface area (Å²) in [7, 11) is 0.